The Morgan fingerprint density at radius 1 is 1.06 bits per heavy atom. The van der Waals surface area contributed by atoms with E-state index < -0.39 is 5.60 Å². The van der Waals surface area contributed by atoms with Gasteiger partial charge in [-0.1, -0.05) is 30.0 Å². The van der Waals surface area contributed by atoms with E-state index in [-0.39, 0.29) is 5.41 Å². The van der Waals surface area contributed by atoms with Crippen molar-refractivity contribution < 1.29 is 4.74 Å². The maximum Gasteiger partial charge on any atom is 0.152 e. The van der Waals surface area contributed by atoms with Crippen molar-refractivity contribution in [3.8, 4) is 11.8 Å². The van der Waals surface area contributed by atoms with Crippen LogP contribution in [0.4, 0.5) is 5.69 Å². The molecule has 0 saturated carbocycles. The van der Waals surface area contributed by atoms with Gasteiger partial charge in [0.05, 0.1) is 0 Å². The molecule has 1 aromatic carbocycles. The van der Waals surface area contributed by atoms with Crippen molar-refractivity contribution in [1.82, 2.24) is 0 Å². The van der Waals surface area contributed by atoms with Gasteiger partial charge in [0, 0.05) is 23.8 Å². The van der Waals surface area contributed by atoms with E-state index in [1.54, 1.807) is 7.11 Å². The highest BCUT2D eigenvalue weighted by atomic mass is 16.5. The molecule has 0 aliphatic rings. The number of benzene rings is 1. The van der Waals surface area contributed by atoms with Gasteiger partial charge in [-0.15, -0.1) is 0 Å². The summed E-state index contributed by atoms with van der Waals surface area (Å²) < 4.78 is 5.55. The molecule has 92 valence electrons. The number of rotatable bonds is 2. The number of methoxy groups -OCH3 is 1. The molecule has 0 bridgehead atoms. The zero-order valence-electron chi connectivity index (χ0n) is 11.3. The lowest BCUT2D eigenvalue weighted by Gasteiger charge is -2.24. The van der Waals surface area contributed by atoms with Crippen LogP contribution in [-0.4, -0.2) is 7.11 Å². The van der Waals surface area contributed by atoms with Crippen LogP contribution in [0.5, 0.6) is 0 Å². The summed E-state index contributed by atoms with van der Waals surface area (Å²) in [6.07, 6.45) is 0. The number of hydrogen-bond acceptors (Lipinski definition) is 2. The molecule has 1 aromatic rings. The average molecular weight is 231 g/mol. The quantitative estimate of drug-likeness (QED) is 0.626. The third-order valence-corrected chi connectivity index (χ3v) is 2.56. The lowest BCUT2D eigenvalue weighted by atomic mass is 9.91. The second-order valence-electron chi connectivity index (χ2n) is 5.32. The molecule has 0 aliphatic heterocycles. The van der Waals surface area contributed by atoms with E-state index >= 15 is 0 Å². The number of nitrogens with two attached hydrogens (primary N) is 1. The molecule has 0 fully saturated rings. The maximum atomic E-state index is 5.97. The smallest absolute Gasteiger partial charge is 0.152 e. The summed E-state index contributed by atoms with van der Waals surface area (Å²) in [4.78, 5) is 0. The van der Waals surface area contributed by atoms with E-state index in [2.05, 4.69) is 32.6 Å². The Morgan fingerprint density at radius 2 is 1.65 bits per heavy atom. The van der Waals surface area contributed by atoms with E-state index in [9.17, 15) is 0 Å². The molecule has 1 unspecified atom stereocenters. The third-order valence-electron chi connectivity index (χ3n) is 2.56. The van der Waals surface area contributed by atoms with Crippen LogP contribution in [0.1, 0.15) is 33.3 Å². The van der Waals surface area contributed by atoms with Crippen molar-refractivity contribution in [2.75, 3.05) is 12.8 Å². The van der Waals surface area contributed by atoms with Gasteiger partial charge >= 0.3 is 0 Å². The standard InChI is InChI=1S/C15H21NO/c1-14(2,3)10-11-15(4,17-5)12-8-6-7-9-13(12)16/h6-9H,16H2,1-5H3. The Morgan fingerprint density at radius 3 is 2.12 bits per heavy atom. The second kappa shape index (κ2) is 4.81. The second-order valence-corrected chi connectivity index (χ2v) is 5.32. The predicted octanol–water partition coefficient (Wildman–Crippen LogP) is 3.18. The molecule has 0 spiro atoms. The molecule has 0 radical (unpaired) electrons. The molecule has 17 heavy (non-hydrogen) atoms. The molecule has 2 heteroatoms. The first-order chi connectivity index (χ1) is 7.78. The van der Waals surface area contributed by atoms with Crippen molar-refractivity contribution in [2.24, 2.45) is 5.41 Å². The predicted molar refractivity (Wildman–Crippen MR) is 72.4 cm³/mol. The van der Waals surface area contributed by atoms with Gasteiger partial charge in [-0.3, -0.25) is 0 Å². The first-order valence-electron chi connectivity index (χ1n) is 5.73. The van der Waals surface area contributed by atoms with E-state index in [1.165, 1.54) is 0 Å². The number of anilines is 1. The molecular formula is C15H21NO. The fourth-order valence-corrected chi connectivity index (χ4v) is 1.47. The Kier molecular flexibility index (Phi) is 3.85. The summed E-state index contributed by atoms with van der Waals surface area (Å²) in [6, 6.07) is 7.68. The highest BCUT2D eigenvalue weighted by molar-refractivity contribution is 5.52. The molecule has 1 atom stereocenters. The van der Waals surface area contributed by atoms with Crippen molar-refractivity contribution in [3.05, 3.63) is 29.8 Å². The normalized spacial score (nSPS) is 14.6. The van der Waals surface area contributed by atoms with Crippen LogP contribution in [0.15, 0.2) is 24.3 Å². The molecule has 2 nitrogen and oxygen atoms in total. The fraction of sp³-hybridized carbons (Fsp3) is 0.467. The molecule has 0 aromatic heterocycles. The molecule has 1 rings (SSSR count). The fourth-order valence-electron chi connectivity index (χ4n) is 1.47. The van der Waals surface area contributed by atoms with Crippen LogP contribution in [0.2, 0.25) is 0 Å². The molecule has 0 aliphatic carbocycles. The molecular weight excluding hydrogens is 210 g/mol. The topological polar surface area (TPSA) is 35.2 Å². The van der Waals surface area contributed by atoms with E-state index in [0.29, 0.717) is 5.69 Å². The summed E-state index contributed by atoms with van der Waals surface area (Å²) >= 11 is 0. The first-order valence-corrected chi connectivity index (χ1v) is 5.73. The number of ether oxygens (including phenoxy) is 1. The minimum Gasteiger partial charge on any atom is -0.398 e. The van der Waals surface area contributed by atoms with Crippen molar-refractivity contribution in [1.29, 1.82) is 0 Å². The number of para-hydroxylation sites is 1. The zero-order chi connectivity index (χ0) is 13.1. The van der Waals surface area contributed by atoms with Crippen LogP contribution in [0.25, 0.3) is 0 Å². The Hall–Kier alpha value is -1.46. The van der Waals surface area contributed by atoms with Crippen LogP contribution in [-0.2, 0) is 10.3 Å². The molecule has 0 saturated heterocycles. The van der Waals surface area contributed by atoms with Crippen molar-refractivity contribution in [2.45, 2.75) is 33.3 Å². The van der Waals surface area contributed by atoms with Crippen molar-refractivity contribution in [3.63, 3.8) is 0 Å². The van der Waals surface area contributed by atoms with E-state index in [0.717, 1.165) is 5.56 Å². The number of nitrogen functional groups attached to an aromatic ring is 1. The van der Waals surface area contributed by atoms with Gasteiger partial charge in [-0.25, -0.2) is 0 Å². The summed E-state index contributed by atoms with van der Waals surface area (Å²) in [6.45, 7) is 8.16. The van der Waals surface area contributed by atoms with Gasteiger partial charge in [0.2, 0.25) is 0 Å². The number of hydrogen-bond donors (Lipinski definition) is 1. The lowest BCUT2D eigenvalue weighted by molar-refractivity contribution is 0.0555. The Labute approximate surface area is 104 Å². The van der Waals surface area contributed by atoms with Crippen LogP contribution < -0.4 is 5.73 Å². The lowest BCUT2D eigenvalue weighted by Crippen LogP contribution is -2.24. The van der Waals surface area contributed by atoms with Crippen molar-refractivity contribution >= 4 is 5.69 Å². The summed E-state index contributed by atoms with van der Waals surface area (Å²) in [5.41, 5.74) is 6.89. The van der Waals surface area contributed by atoms with Gasteiger partial charge in [0.25, 0.3) is 0 Å². The van der Waals surface area contributed by atoms with Gasteiger partial charge in [-0.2, -0.15) is 0 Å². The Bertz CT molecular complexity index is 448. The molecule has 0 amide bonds. The van der Waals surface area contributed by atoms with Crippen LogP contribution in [0, 0.1) is 17.3 Å². The first kappa shape index (κ1) is 13.6. The van der Waals surface area contributed by atoms with Gasteiger partial charge in [-0.05, 0) is 33.8 Å². The van der Waals surface area contributed by atoms with E-state index in [4.69, 9.17) is 10.5 Å². The highest BCUT2D eigenvalue weighted by Gasteiger charge is 2.26. The van der Waals surface area contributed by atoms with Crippen LogP contribution >= 0.6 is 0 Å². The van der Waals surface area contributed by atoms with Gasteiger partial charge in [0.15, 0.2) is 5.60 Å². The minimum atomic E-state index is -0.654. The molecule has 0 heterocycles. The van der Waals surface area contributed by atoms with Crippen LogP contribution in [0.3, 0.4) is 0 Å². The monoisotopic (exact) mass is 231 g/mol. The largest absolute Gasteiger partial charge is 0.398 e. The third kappa shape index (κ3) is 3.51. The molecule has 2 N–H and O–H groups in total. The minimum absolute atomic E-state index is 0.0522. The van der Waals surface area contributed by atoms with Gasteiger partial charge < -0.3 is 10.5 Å². The maximum absolute atomic E-state index is 5.97. The van der Waals surface area contributed by atoms with Gasteiger partial charge in [0.1, 0.15) is 0 Å². The highest BCUT2D eigenvalue weighted by Crippen LogP contribution is 2.29. The average Bonchev–Trinajstić information content (AvgIpc) is 2.26. The van der Waals surface area contributed by atoms with E-state index in [1.807, 2.05) is 31.2 Å². The summed E-state index contributed by atoms with van der Waals surface area (Å²) in [5, 5.41) is 0. The summed E-state index contributed by atoms with van der Waals surface area (Å²) in [5.74, 6) is 6.40. The summed E-state index contributed by atoms with van der Waals surface area (Å²) in [7, 11) is 1.66. The SMILES string of the molecule is COC(C)(C#CC(C)(C)C)c1ccccc1N. The zero-order valence-corrected chi connectivity index (χ0v) is 11.3. The Balaban J connectivity index is 3.21.